The van der Waals surface area contributed by atoms with Crippen LogP contribution in [0, 0.1) is 0 Å². The van der Waals surface area contributed by atoms with Crippen LogP contribution in [0.2, 0.25) is 0 Å². The van der Waals surface area contributed by atoms with E-state index in [9.17, 15) is 0 Å². The highest BCUT2D eigenvalue weighted by Crippen LogP contribution is 2.40. The van der Waals surface area contributed by atoms with Crippen LogP contribution in [0.4, 0.5) is 0 Å². The molecule has 0 atom stereocenters. The number of rotatable bonds is 6. The highest BCUT2D eigenvalue weighted by atomic mass is 16.4. The molecule has 0 N–H and O–H groups in total. The summed E-state index contributed by atoms with van der Waals surface area (Å²) in [6.45, 7) is 0. The molecule has 0 unspecified atom stereocenters. The summed E-state index contributed by atoms with van der Waals surface area (Å²) < 4.78 is 12.9. The number of furan rings is 1. The molecule has 0 aliphatic rings. The maximum Gasteiger partial charge on any atom is 0.231 e. The van der Waals surface area contributed by atoms with E-state index in [0.29, 0.717) is 34.5 Å². The van der Waals surface area contributed by atoms with Gasteiger partial charge in [-0.2, -0.15) is 0 Å². The van der Waals surface area contributed by atoms with E-state index in [4.69, 9.17) is 28.8 Å². The Kier molecular flexibility index (Phi) is 7.03. The van der Waals surface area contributed by atoms with Gasteiger partial charge >= 0.3 is 0 Å². The third-order valence-electron chi connectivity index (χ3n) is 9.36. The summed E-state index contributed by atoms with van der Waals surface area (Å²) >= 11 is 0. The van der Waals surface area contributed by atoms with Gasteiger partial charge in [0.05, 0.1) is 11.1 Å². The van der Waals surface area contributed by atoms with Gasteiger partial charge in [0.2, 0.25) is 5.89 Å². The van der Waals surface area contributed by atoms with Crippen LogP contribution in [0.5, 0.6) is 0 Å². The summed E-state index contributed by atoms with van der Waals surface area (Å²) in [7, 11) is 0. The first-order valence-electron chi connectivity index (χ1n) is 17.1. The van der Waals surface area contributed by atoms with Crippen molar-refractivity contribution in [2.45, 2.75) is 0 Å². The van der Waals surface area contributed by atoms with Gasteiger partial charge in [-0.15, -0.1) is 0 Å². The second-order valence-electron chi connectivity index (χ2n) is 12.7. The Hall–Kier alpha value is -7.18. The molecule has 6 nitrogen and oxygen atoms in total. The first-order chi connectivity index (χ1) is 25.7. The van der Waals surface area contributed by atoms with Crippen molar-refractivity contribution in [2.24, 2.45) is 0 Å². The van der Waals surface area contributed by atoms with Crippen LogP contribution >= 0.6 is 0 Å². The first-order valence-corrected chi connectivity index (χ1v) is 17.1. The minimum absolute atomic E-state index is 0.508. The highest BCUT2D eigenvalue weighted by molar-refractivity contribution is 6.12. The van der Waals surface area contributed by atoms with Crippen molar-refractivity contribution >= 4 is 33.0 Å². The Bertz CT molecular complexity index is 2810. The van der Waals surface area contributed by atoms with Gasteiger partial charge in [0.15, 0.2) is 23.1 Å². The molecule has 7 aromatic carbocycles. The molecule has 0 saturated heterocycles. The molecule has 3 aromatic heterocycles. The summed E-state index contributed by atoms with van der Waals surface area (Å²) in [4.78, 5) is 20.1. The van der Waals surface area contributed by atoms with Gasteiger partial charge in [0.25, 0.3) is 0 Å². The van der Waals surface area contributed by atoms with Crippen LogP contribution in [-0.4, -0.2) is 19.9 Å². The van der Waals surface area contributed by atoms with E-state index in [1.54, 1.807) is 0 Å². The fraction of sp³-hybridized carbons (Fsp3) is 0. The quantitative estimate of drug-likeness (QED) is 0.175. The van der Waals surface area contributed by atoms with E-state index < -0.39 is 0 Å². The van der Waals surface area contributed by atoms with Crippen LogP contribution in [0.25, 0.3) is 101 Å². The van der Waals surface area contributed by atoms with E-state index in [0.717, 1.165) is 66.4 Å². The zero-order valence-corrected chi connectivity index (χ0v) is 27.8. The Morgan fingerprint density at radius 1 is 0.327 bits per heavy atom. The minimum Gasteiger partial charge on any atom is -0.454 e. The number of fused-ring (bicyclic) bond motifs is 4. The van der Waals surface area contributed by atoms with Crippen LogP contribution in [0.1, 0.15) is 0 Å². The average molecular weight is 669 g/mol. The summed E-state index contributed by atoms with van der Waals surface area (Å²) in [5, 5.41) is 1.91. The normalized spacial score (nSPS) is 11.5. The molecule has 0 saturated carbocycles. The molecule has 244 valence electrons. The monoisotopic (exact) mass is 668 g/mol. The summed E-state index contributed by atoms with van der Waals surface area (Å²) in [5.74, 6) is 2.17. The predicted octanol–water partition coefficient (Wildman–Crippen LogP) is 11.9. The second kappa shape index (κ2) is 12.3. The number of aromatic nitrogens is 4. The Labute approximate surface area is 298 Å². The third-order valence-corrected chi connectivity index (χ3v) is 9.36. The van der Waals surface area contributed by atoms with Crippen molar-refractivity contribution < 1.29 is 8.83 Å². The maximum absolute atomic E-state index is 6.76. The molecular weight excluding hydrogens is 641 g/mol. The van der Waals surface area contributed by atoms with Gasteiger partial charge in [0, 0.05) is 21.9 Å². The summed E-state index contributed by atoms with van der Waals surface area (Å²) in [6, 6.07) is 57.3. The number of benzene rings is 7. The lowest BCUT2D eigenvalue weighted by molar-refractivity contribution is 0.615. The van der Waals surface area contributed by atoms with E-state index in [1.807, 2.05) is 91.0 Å². The minimum atomic E-state index is 0.508. The van der Waals surface area contributed by atoms with Crippen molar-refractivity contribution in [2.75, 3.05) is 0 Å². The Balaban J connectivity index is 1.19. The van der Waals surface area contributed by atoms with Crippen LogP contribution < -0.4 is 0 Å². The van der Waals surface area contributed by atoms with Gasteiger partial charge in [-0.05, 0) is 64.7 Å². The van der Waals surface area contributed by atoms with Crippen molar-refractivity contribution in [3.63, 3.8) is 0 Å². The summed E-state index contributed by atoms with van der Waals surface area (Å²) in [5.41, 5.74) is 10.6. The molecular formula is C46H28N4O2. The number of hydrogen-bond donors (Lipinski definition) is 0. The fourth-order valence-corrected chi connectivity index (χ4v) is 6.85. The lowest BCUT2D eigenvalue weighted by Crippen LogP contribution is -2.00. The molecule has 0 fully saturated rings. The lowest BCUT2D eigenvalue weighted by Gasteiger charge is -2.12. The van der Waals surface area contributed by atoms with E-state index in [-0.39, 0.29) is 0 Å². The highest BCUT2D eigenvalue weighted by Gasteiger charge is 2.21. The second-order valence-corrected chi connectivity index (χ2v) is 12.7. The van der Waals surface area contributed by atoms with E-state index >= 15 is 0 Å². The van der Waals surface area contributed by atoms with Crippen LogP contribution in [-0.2, 0) is 0 Å². The number of hydrogen-bond acceptors (Lipinski definition) is 6. The SMILES string of the molecule is c1ccc(-c2cc(-c3ccccc3)cc(-c3nc(-c4ccccc4)nc(-c4cccc5c4oc4c(-c6nc7ccccc7o6)cccc45)n3)c2)cc1. The van der Waals surface area contributed by atoms with E-state index in [1.165, 1.54) is 0 Å². The third kappa shape index (κ3) is 5.22. The molecule has 0 radical (unpaired) electrons. The van der Waals surface area contributed by atoms with Gasteiger partial charge in [-0.25, -0.2) is 19.9 Å². The van der Waals surface area contributed by atoms with Crippen LogP contribution in [0.15, 0.2) is 179 Å². The molecule has 0 bridgehead atoms. The fourth-order valence-electron chi connectivity index (χ4n) is 6.85. The molecule has 10 aromatic rings. The Morgan fingerprint density at radius 2 is 0.827 bits per heavy atom. The topological polar surface area (TPSA) is 77.8 Å². The molecule has 0 amide bonds. The molecule has 0 aliphatic carbocycles. The molecule has 0 aliphatic heterocycles. The number of para-hydroxylation sites is 4. The molecule has 0 spiro atoms. The van der Waals surface area contributed by atoms with Crippen molar-refractivity contribution in [3.05, 3.63) is 170 Å². The largest absolute Gasteiger partial charge is 0.454 e. The summed E-state index contributed by atoms with van der Waals surface area (Å²) in [6.07, 6.45) is 0. The zero-order valence-electron chi connectivity index (χ0n) is 27.8. The number of oxazole rings is 1. The van der Waals surface area contributed by atoms with Gasteiger partial charge in [-0.1, -0.05) is 127 Å². The van der Waals surface area contributed by atoms with Crippen molar-refractivity contribution in [1.29, 1.82) is 0 Å². The van der Waals surface area contributed by atoms with Crippen LogP contribution in [0.3, 0.4) is 0 Å². The van der Waals surface area contributed by atoms with E-state index in [2.05, 4.69) is 78.9 Å². The first kappa shape index (κ1) is 29.7. The smallest absolute Gasteiger partial charge is 0.231 e. The van der Waals surface area contributed by atoms with Crippen molar-refractivity contribution in [3.8, 4) is 67.9 Å². The van der Waals surface area contributed by atoms with Gasteiger partial charge in [-0.3, -0.25) is 0 Å². The lowest BCUT2D eigenvalue weighted by atomic mass is 9.96. The zero-order chi connectivity index (χ0) is 34.4. The Morgan fingerprint density at radius 3 is 1.46 bits per heavy atom. The van der Waals surface area contributed by atoms with Gasteiger partial charge in [0.1, 0.15) is 16.7 Å². The molecule has 3 heterocycles. The molecule has 52 heavy (non-hydrogen) atoms. The molecule has 10 rings (SSSR count). The number of nitrogens with zero attached hydrogens (tertiary/aromatic N) is 4. The average Bonchev–Trinajstić information content (AvgIpc) is 3.84. The maximum atomic E-state index is 6.76. The standard InChI is InChI=1S/C46H28N4O2/c1-4-14-29(15-5-1)32-26-33(30-16-6-2-7-17-30)28-34(27-32)44-48-43(31-18-8-3-9-19-31)49-45(50-44)37-22-12-20-35-36-21-13-23-38(42(36)52-41(35)37)46-47-39-24-10-11-25-40(39)51-46/h1-28H. The van der Waals surface area contributed by atoms with Gasteiger partial charge < -0.3 is 8.83 Å². The predicted molar refractivity (Wildman–Crippen MR) is 207 cm³/mol. The molecule has 6 heteroatoms. The van der Waals surface area contributed by atoms with Crippen molar-refractivity contribution in [1.82, 2.24) is 19.9 Å².